The van der Waals surface area contributed by atoms with Crippen molar-refractivity contribution in [3.8, 4) is 0 Å². The minimum absolute atomic E-state index is 0.0206. The number of nitrogens with zero attached hydrogens (tertiary/aromatic N) is 1. The molecule has 0 aliphatic carbocycles. The molecular formula is C17H19IN2O. The van der Waals surface area contributed by atoms with Gasteiger partial charge in [-0.05, 0) is 71.5 Å². The van der Waals surface area contributed by atoms with Crippen LogP contribution >= 0.6 is 22.6 Å². The second-order valence-electron chi connectivity index (χ2n) is 5.19. The third-order valence-electron chi connectivity index (χ3n) is 3.29. The number of hydrogen-bond acceptors (Lipinski definition) is 2. The molecule has 4 heteroatoms. The van der Waals surface area contributed by atoms with Gasteiger partial charge >= 0.3 is 0 Å². The molecule has 2 aromatic carbocycles. The first-order valence-corrected chi connectivity index (χ1v) is 7.89. The van der Waals surface area contributed by atoms with Crippen LogP contribution in [0.25, 0.3) is 0 Å². The number of halogens is 1. The number of rotatable bonds is 4. The van der Waals surface area contributed by atoms with Crippen molar-refractivity contribution in [2.75, 3.05) is 19.4 Å². The van der Waals surface area contributed by atoms with Crippen LogP contribution in [-0.4, -0.2) is 24.9 Å². The Morgan fingerprint density at radius 3 is 2.14 bits per heavy atom. The molecule has 0 bridgehead atoms. The van der Waals surface area contributed by atoms with Crippen LogP contribution in [0, 0.1) is 3.57 Å². The zero-order chi connectivity index (χ0) is 15.4. The third-order valence-corrected chi connectivity index (χ3v) is 4.01. The van der Waals surface area contributed by atoms with Crippen LogP contribution in [0.15, 0.2) is 48.5 Å². The Kier molecular flexibility index (Phi) is 5.22. The molecule has 0 fully saturated rings. The van der Waals surface area contributed by atoms with Gasteiger partial charge in [-0.25, -0.2) is 0 Å². The van der Waals surface area contributed by atoms with E-state index in [-0.39, 0.29) is 11.9 Å². The molecule has 1 unspecified atom stereocenters. The lowest BCUT2D eigenvalue weighted by atomic mass is 10.1. The van der Waals surface area contributed by atoms with E-state index in [9.17, 15) is 4.79 Å². The SMILES string of the molecule is CC(Nc1ccc(C(=O)N(C)C)cc1)c1ccc(I)cc1. The average molecular weight is 394 g/mol. The largest absolute Gasteiger partial charge is 0.379 e. The van der Waals surface area contributed by atoms with Gasteiger partial charge in [0, 0.05) is 35.0 Å². The Bertz CT molecular complexity index is 606. The molecule has 2 rings (SSSR count). The molecule has 3 nitrogen and oxygen atoms in total. The first-order valence-electron chi connectivity index (χ1n) is 6.81. The van der Waals surface area contributed by atoms with E-state index < -0.39 is 0 Å². The van der Waals surface area contributed by atoms with Crippen LogP contribution in [0.1, 0.15) is 28.9 Å². The Morgan fingerprint density at radius 2 is 1.62 bits per heavy atom. The summed E-state index contributed by atoms with van der Waals surface area (Å²) in [6, 6.07) is 16.3. The summed E-state index contributed by atoms with van der Waals surface area (Å²) < 4.78 is 1.23. The Hall–Kier alpha value is -1.56. The van der Waals surface area contributed by atoms with E-state index in [0.29, 0.717) is 5.56 Å². The summed E-state index contributed by atoms with van der Waals surface area (Å²) in [6.07, 6.45) is 0. The predicted octanol–water partition coefficient (Wildman–Crippen LogP) is 4.17. The molecule has 1 atom stereocenters. The normalized spacial score (nSPS) is 11.8. The van der Waals surface area contributed by atoms with E-state index in [1.807, 2.05) is 24.3 Å². The Labute approximate surface area is 139 Å². The van der Waals surface area contributed by atoms with Crippen molar-refractivity contribution in [3.05, 3.63) is 63.2 Å². The summed E-state index contributed by atoms with van der Waals surface area (Å²) in [6.45, 7) is 2.13. The van der Waals surface area contributed by atoms with Gasteiger partial charge in [0.25, 0.3) is 5.91 Å². The summed E-state index contributed by atoms with van der Waals surface area (Å²) in [5, 5.41) is 3.45. The fraction of sp³-hybridized carbons (Fsp3) is 0.235. The van der Waals surface area contributed by atoms with Crippen molar-refractivity contribution >= 4 is 34.2 Å². The number of nitrogens with one attached hydrogen (secondary N) is 1. The maximum absolute atomic E-state index is 11.8. The molecule has 110 valence electrons. The van der Waals surface area contributed by atoms with E-state index >= 15 is 0 Å². The molecule has 0 saturated heterocycles. The van der Waals surface area contributed by atoms with E-state index in [4.69, 9.17) is 0 Å². The minimum Gasteiger partial charge on any atom is -0.379 e. The highest BCUT2D eigenvalue weighted by atomic mass is 127. The zero-order valence-corrected chi connectivity index (χ0v) is 14.6. The maximum Gasteiger partial charge on any atom is 0.253 e. The second kappa shape index (κ2) is 6.93. The number of benzene rings is 2. The summed E-state index contributed by atoms with van der Waals surface area (Å²) >= 11 is 2.30. The van der Waals surface area contributed by atoms with Crippen LogP contribution in [-0.2, 0) is 0 Å². The van der Waals surface area contributed by atoms with Crippen molar-refractivity contribution in [2.24, 2.45) is 0 Å². The topological polar surface area (TPSA) is 32.3 Å². The number of amides is 1. The van der Waals surface area contributed by atoms with Gasteiger partial charge in [0.2, 0.25) is 0 Å². The van der Waals surface area contributed by atoms with E-state index in [1.165, 1.54) is 9.13 Å². The molecule has 0 aliphatic rings. The first kappa shape index (κ1) is 15.8. The second-order valence-corrected chi connectivity index (χ2v) is 6.44. The monoisotopic (exact) mass is 394 g/mol. The number of hydrogen-bond donors (Lipinski definition) is 1. The highest BCUT2D eigenvalue weighted by Gasteiger charge is 2.09. The first-order chi connectivity index (χ1) is 9.97. The van der Waals surface area contributed by atoms with Crippen LogP contribution in [0.5, 0.6) is 0 Å². The van der Waals surface area contributed by atoms with Crippen molar-refractivity contribution in [2.45, 2.75) is 13.0 Å². The van der Waals surface area contributed by atoms with Crippen LogP contribution in [0.3, 0.4) is 0 Å². The Morgan fingerprint density at radius 1 is 1.05 bits per heavy atom. The molecule has 0 saturated carbocycles. The molecule has 0 radical (unpaired) electrons. The highest BCUT2D eigenvalue weighted by Crippen LogP contribution is 2.20. The van der Waals surface area contributed by atoms with Gasteiger partial charge in [0.15, 0.2) is 0 Å². The van der Waals surface area contributed by atoms with Gasteiger partial charge in [-0.15, -0.1) is 0 Å². The lowest BCUT2D eigenvalue weighted by Gasteiger charge is -2.16. The quantitative estimate of drug-likeness (QED) is 0.790. The molecule has 0 spiro atoms. The van der Waals surface area contributed by atoms with Crippen LogP contribution in [0.2, 0.25) is 0 Å². The van der Waals surface area contributed by atoms with Crippen LogP contribution < -0.4 is 5.32 Å². The number of carbonyl (C=O) groups excluding carboxylic acids is 1. The van der Waals surface area contributed by atoms with Crippen LogP contribution in [0.4, 0.5) is 5.69 Å². The predicted molar refractivity (Wildman–Crippen MR) is 95.7 cm³/mol. The summed E-state index contributed by atoms with van der Waals surface area (Å²) in [7, 11) is 3.51. The van der Waals surface area contributed by atoms with E-state index in [1.54, 1.807) is 19.0 Å². The molecular weight excluding hydrogens is 375 g/mol. The third kappa shape index (κ3) is 4.20. The fourth-order valence-electron chi connectivity index (χ4n) is 2.05. The Balaban J connectivity index is 2.06. The van der Waals surface area contributed by atoms with Gasteiger partial charge in [-0.2, -0.15) is 0 Å². The highest BCUT2D eigenvalue weighted by molar-refractivity contribution is 14.1. The zero-order valence-electron chi connectivity index (χ0n) is 12.4. The lowest BCUT2D eigenvalue weighted by molar-refractivity contribution is 0.0827. The van der Waals surface area contributed by atoms with Gasteiger partial charge in [0.1, 0.15) is 0 Å². The molecule has 21 heavy (non-hydrogen) atoms. The molecule has 0 heterocycles. The molecule has 1 amide bonds. The smallest absolute Gasteiger partial charge is 0.253 e. The molecule has 0 aromatic heterocycles. The van der Waals surface area contributed by atoms with E-state index in [0.717, 1.165) is 5.69 Å². The molecule has 2 aromatic rings. The van der Waals surface area contributed by atoms with E-state index in [2.05, 4.69) is 59.1 Å². The standard InChI is InChI=1S/C17H19IN2O/c1-12(13-4-8-15(18)9-5-13)19-16-10-6-14(7-11-16)17(21)20(2)3/h4-12,19H,1-3H3. The van der Waals surface area contributed by atoms with Gasteiger partial charge in [-0.3, -0.25) is 4.79 Å². The number of carbonyl (C=O) groups is 1. The summed E-state index contributed by atoms with van der Waals surface area (Å²) in [4.78, 5) is 13.4. The van der Waals surface area contributed by atoms with Crippen molar-refractivity contribution in [3.63, 3.8) is 0 Å². The summed E-state index contributed by atoms with van der Waals surface area (Å²) in [5.41, 5.74) is 2.95. The number of anilines is 1. The maximum atomic E-state index is 11.8. The van der Waals surface area contributed by atoms with Crippen molar-refractivity contribution < 1.29 is 4.79 Å². The van der Waals surface area contributed by atoms with Crippen molar-refractivity contribution in [1.29, 1.82) is 0 Å². The summed E-state index contributed by atoms with van der Waals surface area (Å²) in [5.74, 6) is 0.0206. The van der Waals surface area contributed by atoms with Gasteiger partial charge in [0.05, 0.1) is 0 Å². The fourth-order valence-corrected chi connectivity index (χ4v) is 2.41. The minimum atomic E-state index is 0.0206. The molecule has 1 N–H and O–H groups in total. The van der Waals surface area contributed by atoms with Gasteiger partial charge < -0.3 is 10.2 Å². The average Bonchev–Trinajstić information content (AvgIpc) is 2.47. The lowest BCUT2D eigenvalue weighted by Crippen LogP contribution is -2.21. The molecule has 0 aliphatic heterocycles. The van der Waals surface area contributed by atoms with Gasteiger partial charge in [-0.1, -0.05) is 12.1 Å². The van der Waals surface area contributed by atoms with Crippen molar-refractivity contribution in [1.82, 2.24) is 4.90 Å².